The van der Waals surface area contributed by atoms with Crippen molar-refractivity contribution in [3.8, 4) is 5.75 Å². The van der Waals surface area contributed by atoms with Gasteiger partial charge in [-0.15, -0.1) is 0 Å². The molecular formula is C18H21FN2O4S. The lowest BCUT2D eigenvalue weighted by Gasteiger charge is -2.18. The molecule has 2 rings (SSSR count). The SMILES string of the molecule is COc1ccc(F)cc1S(=O)(=O)N(C)CC(=O)NCc1ccc(C)cc1. The van der Waals surface area contributed by atoms with Gasteiger partial charge < -0.3 is 10.1 Å². The van der Waals surface area contributed by atoms with Crippen LogP contribution < -0.4 is 10.1 Å². The number of nitrogens with zero attached hydrogens (tertiary/aromatic N) is 1. The second kappa shape index (κ2) is 8.29. The normalized spacial score (nSPS) is 11.4. The van der Waals surface area contributed by atoms with E-state index in [4.69, 9.17) is 4.74 Å². The highest BCUT2D eigenvalue weighted by atomic mass is 32.2. The van der Waals surface area contributed by atoms with Crippen molar-refractivity contribution in [2.45, 2.75) is 18.4 Å². The summed E-state index contributed by atoms with van der Waals surface area (Å²) in [4.78, 5) is 11.7. The lowest BCUT2D eigenvalue weighted by Crippen LogP contribution is -2.38. The van der Waals surface area contributed by atoms with E-state index >= 15 is 0 Å². The van der Waals surface area contributed by atoms with Crippen LogP contribution in [0.4, 0.5) is 4.39 Å². The maximum absolute atomic E-state index is 13.5. The summed E-state index contributed by atoms with van der Waals surface area (Å²) in [5, 5.41) is 2.66. The molecule has 0 bridgehead atoms. The van der Waals surface area contributed by atoms with Crippen LogP contribution in [0.1, 0.15) is 11.1 Å². The first-order chi connectivity index (χ1) is 12.2. The zero-order valence-electron chi connectivity index (χ0n) is 14.8. The van der Waals surface area contributed by atoms with Crippen LogP contribution in [0.25, 0.3) is 0 Å². The molecule has 0 spiro atoms. The van der Waals surface area contributed by atoms with Gasteiger partial charge in [0.15, 0.2) is 0 Å². The number of amides is 1. The highest BCUT2D eigenvalue weighted by molar-refractivity contribution is 7.89. The summed E-state index contributed by atoms with van der Waals surface area (Å²) >= 11 is 0. The smallest absolute Gasteiger partial charge is 0.247 e. The third kappa shape index (κ3) is 4.80. The fourth-order valence-electron chi connectivity index (χ4n) is 2.27. The molecule has 1 N–H and O–H groups in total. The number of likely N-dealkylation sites (N-methyl/N-ethyl adjacent to an activating group) is 1. The van der Waals surface area contributed by atoms with Gasteiger partial charge in [-0.25, -0.2) is 12.8 Å². The Hall–Kier alpha value is -2.45. The van der Waals surface area contributed by atoms with Crippen molar-refractivity contribution in [2.75, 3.05) is 20.7 Å². The van der Waals surface area contributed by atoms with Gasteiger partial charge in [-0.3, -0.25) is 4.79 Å². The number of benzene rings is 2. The standard InChI is InChI=1S/C18H21FN2O4S/c1-13-4-6-14(7-5-13)11-20-18(22)12-21(2)26(23,24)17-10-15(19)8-9-16(17)25-3/h4-10H,11-12H2,1-3H3,(H,20,22). The molecule has 0 aliphatic rings. The Morgan fingerprint density at radius 1 is 1.19 bits per heavy atom. The lowest BCUT2D eigenvalue weighted by atomic mass is 10.1. The van der Waals surface area contributed by atoms with E-state index < -0.39 is 28.3 Å². The van der Waals surface area contributed by atoms with Crippen molar-refractivity contribution in [2.24, 2.45) is 0 Å². The van der Waals surface area contributed by atoms with E-state index in [0.717, 1.165) is 27.6 Å². The minimum atomic E-state index is -4.08. The molecule has 1 amide bonds. The van der Waals surface area contributed by atoms with E-state index in [-0.39, 0.29) is 17.2 Å². The van der Waals surface area contributed by atoms with Gasteiger partial charge in [0, 0.05) is 13.6 Å². The topological polar surface area (TPSA) is 75.7 Å². The summed E-state index contributed by atoms with van der Waals surface area (Å²) in [6, 6.07) is 10.8. The van der Waals surface area contributed by atoms with Crippen LogP contribution in [-0.4, -0.2) is 39.3 Å². The van der Waals surface area contributed by atoms with E-state index in [1.807, 2.05) is 31.2 Å². The summed E-state index contributed by atoms with van der Waals surface area (Å²) in [5.74, 6) is -1.16. The number of halogens is 1. The van der Waals surface area contributed by atoms with Gasteiger partial charge in [0.25, 0.3) is 0 Å². The Bertz CT molecular complexity index is 883. The number of aryl methyl sites for hydroxylation is 1. The van der Waals surface area contributed by atoms with Crippen LogP contribution in [0.2, 0.25) is 0 Å². The Balaban J connectivity index is 2.05. The van der Waals surface area contributed by atoms with Gasteiger partial charge in [-0.1, -0.05) is 29.8 Å². The third-order valence-electron chi connectivity index (χ3n) is 3.79. The van der Waals surface area contributed by atoms with Crippen LogP contribution in [0, 0.1) is 12.7 Å². The number of hydrogen-bond acceptors (Lipinski definition) is 4. The molecule has 0 saturated carbocycles. The number of rotatable bonds is 7. The van der Waals surface area contributed by atoms with Crippen molar-refractivity contribution >= 4 is 15.9 Å². The van der Waals surface area contributed by atoms with Crippen LogP contribution >= 0.6 is 0 Å². The van der Waals surface area contributed by atoms with Crippen LogP contribution in [0.5, 0.6) is 5.75 Å². The molecule has 2 aromatic rings. The summed E-state index contributed by atoms with van der Waals surface area (Å²) < 4.78 is 44.5. The predicted octanol–water partition coefficient (Wildman–Crippen LogP) is 2.08. The largest absolute Gasteiger partial charge is 0.495 e. The van der Waals surface area contributed by atoms with Crippen LogP contribution in [0.3, 0.4) is 0 Å². The number of carbonyl (C=O) groups excluding carboxylic acids is 1. The van der Waals surface area contributed by atoms with Crippen LogP contribution in [0.15, 0.2) is 47.4 Å². The average molecular weight is 380 g/mol. The predicted molar refractivity (Wildman–Crippen MR) is 95.8 cm³/mol. The second-order valence-corrected chi connectivity index (χ2v) is 7.83. The maximum Gasteiger partial charge on any atom is 0.247 e. The van der Waals surface area contributed by atoms with Crippen molar-refractivity contribution in [3.05, 3.63) is 59.4 Å². The van der Waals surface area contributed by atoms with Gasteiger partial charge in [0.1, 0.15) is 16.5 Å². The minimum Gasteiger partial charge on any atom is -0.495 e. The molecule has 0 unspecified atom stereocenters. The average Bonchev–Trinajstić information content (AvgIpc) is 2.61. The first-order valence-corrected chi connectivity index (χ1v) is 9.30. The zero-order chi connectivity index (χ0) is 19.3. The number of methoxy groups -OCH3 is 1. The first kappa shape index (κ1) is 19.9. The monoisotopic (exact) mass is 380 g/mol. The van der Waals surface area contributed by atoms with E-state index in [1.54, 1.807) is 0 Å². The molecule has 140 valence electrons. The summed E-state index contributed by atoms with van der Waals surface area (Å²) in [7, 11) is -1.53. The first-order valence-electron chi connectivity index (χ1n) is 7.86. The molecule has 8 heteroatoms. The maximum atomic E-state index is 13.5. The summed E-state index contributed by atoms with van der Waals surface area (Å²) in [6.45, 7) is 1.85. The highest BCUT2D eigenvalue weighted by Crippen LogP contribution is 2.26. The highest BCUT2D eigenvalue weighted by Gasteiger charge is 2.27. The van der Waals surface area contributed by atoms with Crippen molar-refractivity contribution in [3.63, 3.8) is 0 Å². The van der Waals surface area contributed by atoms with Gasteiger partial charge in [-0.05, 0) is 30.7 Å². The molecule has 0 aliphatic heterocycles. The molecule has 0 radical (unpaired) electrons. The van der Waals surface area contributed by atoms with Crippen LogP contribution in [-0.2, 0) is 21.4 Å². The molecule has 6 nitrogen and oxygen atoms in total. The molecule has 26 heavy (non-hydrogen) atoms. The summed E-state index contributed by atoms with van der Waals surface area (Å²) in [6.07, 6.45) is 0. The van der Waals surface area contributed by atoms with Crippen molar-refractivity contribution in [1.29, 1.82) is 0 Å². The minimum absolute atomic E-state index is 0.0123. The van der Waals surface area contributed by atoms with E-state index in [2.05, 4.69) is 5.32 Å². The molecule has 2 aromatic carbocycles. The molecular weight excluding hydrogens is 359 g/mol. The van der Waals surface area contributed by atoms with E-state index in [9.17, 15) is 17.6 Å². The Labute approximate surface area is 152 Å². The third-order valence-corrected chi connectivity index (χ3v) is 5.62. The summed E-state index contributed by atoms with van der Waals surface area (Å²) in [5.41, 5.74) is 2.01. The number of carbonyl (C=O) groups is 1. The Morgan fingerprint density at radius 3 is 2.46 bits per heavy atom. The lowest BCUT2D eigenvalue weighted by molar-refractivity contribution is -0.121. The fourth-order valence-corrected chi connectivity index (χ4v) is 3.56. The molecule has 0 atom stereocenters. The van der Waals surface area contributed by atoms with Gasteiger partial charge in [-0.2, -0.15) is 4.31 Å². The number of ether oxygens (including phenoxy) is 1. The van der Waals surface area contributed by atoms with E-state index in [1.165, 1.54) is 20.2 Å². The molecule has 0 aliphatic carbocycles. The molecule has 0 aromatic heterocycles. The Morgan fingerprint density at radius 2 is 1.85 bits per heavy atom. The fraction of sp³-hybridized carbons (Fsp3) is 0.278. The van der Waals surface area contributed by atoms with Gasteiger partial charge in [0.2, 0.25) is 15.9 Å². The molecule has 0 saturated heterocycles. The quantitative estimate of drug-likeness (QED) is 0.798. The van der Waals surface area contributed by atoms with Gasteiger partial charge in [0.05, 0.1) is 13.7 Å². The number of nitrogens with one attached hydrogen (secondary N) is 1. The second-order valence-electron chi connectivity index (χ2n) is 5.82. The van der Waals surface area contributed by atoms with Gasteiger partial charge >= 0.3 is 0 Å². The van der Waals surface area contributed by atoms with E-state index in [0.29, 0.717) is 0 Å². The number of sulfonamides is 1. The van der Waals surface area contributed by atoms with Crippen molar-refractivity contribution in [1.82, 2.24) is 9.62 Å². The molecule has 0 heterocycles. The number of hydrogen-bond donors (Lipinski definition) is 1. The Kier molecular flexibility index (Phi) is 6.33. The zero-order valence-corrected chi connectivity index (χ0v) is 15.6. The molecule has 0 fully saturated rings. The van der Waals surface area contributed by atoms with Crippen molar-refractivity contribution < 1.29 is 22.3 Å².